The van der Waals surface area contributed by atoms with Gasteiger partial charge in [0.15, 0.2) is 11.2 Å². The number of hydrogen-bond donors (Lipinski definition) is 1. The van der Waals surface area contributed by atoms with Crippen LogP contribution in [0.2, 0.25) is 0 Å². The minimum atomic E-state index is -0.482. The number of nitrogens with zero attached hydrogens (tertiary/aromatic N) is 3. The van der Waals surface area contributed by atoms with E-state index in [1.54, 1.807) is 28.8 Å². The second-order valence-corrected chi connectivity index (χ2v) is 7.62. The number of halogens is 1. The van der Waals surface area contributed by atoms with Crippen molar-refractivity contribution < 1.29 is 9.53 Å². The predicted molar refractivity (Wildman–Crippen MR) is 113 cm³/mol. The zero-order valence-corrected chi connectivity index (χ0v) is 18.0. The Labute approximate surface area is 175 Å². The molecule has 0 saturated heterocycles. The second-order valence-electron chi connectivity index (χ2n) is 6.70. The first kappa shape index (κ1) is 21.0. The fourth-order valence-corrected chi connectivity index (χ4v) is 3.38. The number of aromatic amines is 1. The van der Waals surface area contributed by atoms with E-state index in [2.05, 4.69) is 25.9 Å². The van der Waals surface area contributed by atoms with Crippen molar-refractivity contribution in [3.63, 3.8) is 0 Å². The number of fused-ring (bicyclic) bond motifs is 1. The Morgan fingerprint density at radius 3 is 2.48 bits per heavy atom. The first-order valence-electron chi connectivity index (χ1n) is 9.61. The van der Waals surface area contributed by atoms with Crippen LogP contribution < -0.4 is 11.2 Å². The molecule has 0 saturated carbocycles. The molecule has 0 radical (unpaired) electrons. The number of esters is 1. The highest BCUT2D eigenvalue weighted by molar-refractivity contribution is 9.10. The standard InChI is InChI=1S/C20H23BrN4O4/c1-3-5-11-25-17-16(18(26)23-20(25)28)24(10-4-2)15(22-17)12-29-19(27)13-6-8-14(21)9-7-13/h6-9H,3-5,10-12H2,1-2H3,(H,23,26,28). The maximum absolute atomic E-state index is 12.5. The molecule has 1 N–H and O–H groups in total. The molecule has 0 amide bonds. The van der Waals surface area contributed by atoms with Gasteiger partial charge >= 0.3 is 11.7 Å². The highest BCUT2D eigenvalue weighted by atomic mass is 79.9. The molecule has 154 valence electrons. The van der Waals surface area contributed by atoms with Crippen molar-refractivity contribution in [2.75, 3.05) is 0 Å². The Kier molecular flexibility index (Phi) is 6.68. The topological polar surface area (TPSA) is 99.0 Å². The molecule has 0 spiro atoms. The number of benzene rings is 1. The van der Waals surface area contributed by atoms with Gasteiger partial charge in [0.1, 0.15) is 12.4 Å². The minimum absolute atomic E-state index is 0.0923. The highest BCUT2D eigenvalue weighted by Gasteiger charge is 2.19. The zero-order valence-electron chi connectivity index (χ0n) is 16.4. The number of aromatic nitrogens is 4. The van der Waals surface area contributed by atoms with E-state index in [1.807, 2.05) is 13.8 Å². The van der Waals surface area contributed by atoms with Crippen LogP contribution in [0.1, 0.15) is 49.3 Å². The third kappa shape index (κ3) is 4.50. The number of H-pyrrole nitrogens is 1. The molecule has 2 heterocycles. The second kappa shape index (κ2) is 9.21. The van der Waals surface area contributed by atoms with E-state index in [9.17, 15) is 14.4 Å². The number of rotatable bonds is 8. The lowest BCUT2D eigenvalue weighted by Gasteiger charge is -2.08. The molecule has 0 fully saturated rings. The lowest BCUT2D eigenvalue weighted by molar-refractivity contribution is 0.0458. The summed E-state index contributed by atoms with van der Waals surface area (Å²) in [5.74, 6) is -0.0430. The molecule has 1 aromatic carbocycles. The minimum Gasteiger partial charge on any atom is -0.454 e. The molecule has 0 aliphatic heterocycles. The average Bonchev–Trinajstić information content (AvgIpc) is 3.05. The Morgan fingerprint density at radius 2 is 1.83 bits per heavy atom. The quantitative estimate of drug-likeness (QED) is 0.518. The number of carbonyl (C=O) groups is 1. The van der Waals surface area contributed by atoms with Crippen molar-refractivity contribution in [1.29, 1.82) is 0 Å². The molecule has 29 heavy (non-hydrogen) atoms. The van der Waals surface area contributed by atoms with Gasteiger partial charge in [-0.15, -0.1) is 0 Å². The van der Waals surface area contributed by atoms with E-state index in [-0.39, 0.29) is 6.61 Å². The Balaban J connectivity index is 1.98. The van der Waals surface area contributed by atoms with E-state index in [0.29, 0.717) is 35.6 Å². The van der Waals surface area contributed by atoms with Crippen LogP contribution in [0.25, 0.3) is 11.2 Å². The van der Waals surface area contributed by atoms with E-state index >= 15 is 0 Å². The fourth-order valence-electron chi connectivity index (χ4n) is 3.12. The van der Waals surface area contributed by atoms with Gasteiger partial charge in [-0.05, 0) is 37.1 Å². The van der Waals surface area contributed by atoms with E-state index in [4.69, 9.17) is 4.74 Å². The average molecular weight is 463 g/mol. The predicted octanol–water partition coefficient (Wildman–Crippen LogP) is 3.22. The number of hydrogen-bond acceptors (Lipinski definition) is 5. The molecule has 0 unspecified atom stereocenters. The first-order valence-corrected chi connectivity index (χ1v) is 10.4. The molecule has 0 aliphatic rings. The highest BCUT2D eigenvalue weighted by Crippen LogP contribution is 2.16. The van der Waals surface area contributed by atoms with Gasteiger partial charge in [0.05, 0.1) is 5.56 Å². The third-order valence-electron chi connectivity index (χ3n) is 4.56. The van der Waals surface area contributed by atoms with Crippen LogP contribution in [0.3, 0.4) is 0 Å². The summed E-state index contributed by atoms with van der Waals surface area (Å²) in [5, 5.41) is 0. The maximum atomic E-state index is 12.5. The van der Waals surface area contributed by atoms with Gasteiger partial charge in [-0.25, -0.2) is 14.6 Å². The number of unbranched alkanes of at least 4 members (excludes halogenated alkanes) is 1. The molecule has 8 nitrogen and oxygen atoms in total. The van der Waals surface area contributed by atoms with Crippen molar-refractivity contribution in [2.45, 2.75) is 52.8 Å². The maximum Gasteiger partial charge on any atom is 0.338 e. The van der Waals surface area contributed by atoms with Gasteiger partial charge in [-0.3, -0.25) is 14.3 Å². The number of nitrogens with one attached hydrogen (secondary N) is 1. The number of aryl methyl sites for hydroxylation is 2. The number of ether oxygens (including phenoxy) is 1. The van der Waals surface area contributed by atoms with Gasteiger partial charge in [-0.2, -0.15) is 0 Å². The molecular weight excluding hydrogens is 440 g/mol. The lowest BCUT2D eigenvalue weighted by atomic mass is 10.2. The van der Waals surface area contributed by atoms with Crippen molar-refractivity contribution in [2.24, 2.45) is 0 Å². The first-order chi connectivity index (χ1) is 14.0. The van der Waals surface area contributed by atoms with Crippen molar-refractivity contribution in [3.8, 4) is 0 Å². The van der Waals surface area contributed by atoms with Crippen LogP contribution in [0.5, 0.6) is 0 Å². The van der Waals surface area contributed by atoms with E-state index in [1.165, 1.54) is 4.57 Å². The fraction of sp³-hybridized carbons (Fsp3) is 0.400. The molecule has 3 aromatic rings. The number of carbonyl (C=O) groups excluding carboxylic acids is 1. The monoisotopic (exact) mass is 462 g/mol. The zero-order chi connectivity index (χ0) is 21.0. The van der Waals surface area contributed by atoms with Crippen LogP contribution in [0, 0.1) is 0 Å². The lowest BCUT2D eigenvalue weighted by Crippen LogP contribution is -2.31. The summed E-state index contributed by atoms with van der Waals surface area (Å²) in [4.78, 5) is 44.0. The van der Waals surface area contributed by atoms with Gasteiger partial charge in [0, 0.05) is 17.6 Å². The van der Waals surface area contributed by atoms with Gasteiger partial charge in [0.25, 0.3) is 5.56 Å². The van der Waals surface area contributed by atoms with Crippen molar-refractivity contribution in [1.82, 2.24) is 19.1 Å². The molecule has 0 atom stereocenters. The third-order valence-corrected chi connectivity index (χ3v) is 5.09. The molecule has 9 heteroatoms. The molecular formula is C20H23BrN4O4. The molecule has 3 rings (SSSR count). The van der Waals surface area contributed by atoms with E-state index < -0.39 is 17.2 Å². The van der Waals surface area contributed by atoms with Crippen LogP contribution in [-0.4, -0.2) is 25.1 Å². The van der Waals surface area contributed by atoms with Crippen LogP contribution in [0.15, 0.2) is 38.3 Å². The Morgan fingerprint density at radius 1 is 1.10 bits per heavy atom. The Bertz CT molecular complexity index is 1130. The largest absolute Gasteiger partial charge is 0.454 e. The number of imidazole rings is 1. The van der Waals surface area contributed by atoms with Crippen LogP contribution in [0.4, 0.5) is 0 Å². The Hall–Kier alpha value is -2.68. The molecule has 0 aliphatic carbocycles. The summed E-state index contributed by atoms with van der Waals surface area (Å²) in [7, 11) is 0. The van der Waals surface area contributed by atoms with Gasteiger partial charge < -0.3 is 9.30 Å². The van der Waals surface area contributed by atoms with Crippen LogP contribution in [-0.2, 0) is 24.4 Å². The smallest absolute Gasteiger partial charge is 0.338 e. The van der Waals surface area contributed by atoms with E-state index in [0.717, 1.165) is 23.7 Å². The summed E-state index contributed by atoms with van der Waals surface area (Å²) >= 11 is 3.33. The van der Waals surface area contributed by atoms with Gasteiger partial charge in [0.2, 0.25) is 0 Å². The normalized spacial score (nSPS) is 11.1. The SMILES string of the molecule is CCCCn1c(=O)[nH]c(=O)c2c1nc(COC(=O)c1ccc(Br)cc1)n2CCC. The van der Waals surface area contributed by atoms with Crippen molar-refractivity contribution >= 4 is 33.1 Å². The summed E-state index contributed by atoms with van der Waals surface area (Å²) in [6.07, 6.45) is 2.45. The molecule has 0 bridgehead atoms. The van der Waals surface area contributed by atoms with Crippen molar-refractivity contribution in [3.05, 3.63) is 61.0 Å². The summed E-state index contributed by atoms with van der Waals surface area (Å²) < 4.78 is 9.49. The van der Waals surface area contributed by atoms with Crippen LogP contribution >= 0.6 is 15.9 Å². The summed E-state index contributed by atoms with van der Waals surface area (Å²) in [6.45, 7) is 4.90. The molecule has 2 aromatic heterocycles. The van der Waals surface area contributed by atoms with Gasteiger partial charge in [-0.1, -0.05) is 36.2 Å². The summed E-state index contributed by atoms with van der Waals surface area (Å²) in [6, 6.07) is 6.84. The summed E-state index contributed by atoms with van der Waals surface area (Å²) in [5.41, 5.74) is 0.122.